The molecule has 134 valence electrons. The fraction of sp³-hybridized carbons (Fsp3) is 0.500. The van der Waals surface area contributed by atoms with E-state index in [2.05, 4.69) is 15.0 Å². The van der Waals surface area contributed by atoms with Gasteiger partial charge in [0.1, 0.15) is 5.41 Å². The minimum atomic E-state index is -0.920. The summed E-state index contributed by atoms with van der Waals surface area (Å²) in [7, 11) is 3.35. The molecule has 1 saturated carbocycles. The van der Waals surface area contributed by atoms with Gasteiger partial charge in [0.25, 0.3) is 0 Å². The number of anilines is 1. The van der Waals surface area contributed by atoms with Crippen LogP contribution < -0.4 is 5.32 Å². The third-order valence-corrected chi connectivity index (χ3v) is 4.95. The van der Waals surface area contributed by atoms with Crippen molar-refractivity contribution in [3.05, 3.63) is 29.8 Å². The van der Waals surface area contributed by atoms with Gasteiger partial charge in [0.2, 0.25) is 11.8 Å². The lowest BCUT2D eigenvalue weighted by atomic mass is 10.0. The smallest absolute Gasteiger partial charge is 0.337 e. The van der Waals surface area contributed by atoms with Gasteiger partial charge in [-0.1, -0.05) is 0 Å². The Bertz CT molecular complexity index is 674. The lowest BCUT2D eigenvalue weighted by Crippen LogP contribution is -2.51. The highest BCUT2D eigenvalue weighted by Gasteiger charge is 2.58. The summed E-state index contributed by atoms with van der Waals surface area (Å²) in [4.78, 5) is 40.9. The van der Waals surface area contributed by atoms with Crippen LogP contribution in [0.3, 0.4) is 0 Å². The van der Waals surface area contributed by atoms with Crippen LogP contribution in [0.2, 0.25) is 0 Å². The monoisotopic (exact) mass is 345 g/mol. The zero-order valence-corrected chi connectivity index (χ0v) is 14.6. The van der Waals surface area contributed by atoms with Gasteiger partial charge in [-0.25, -0.2) is 4.79 Å². The lowest BCUT2D eigenvalue weighted by molar-refractivity contribution is -0.143. The molecule has 1 heterocycles. The molecule has 0 spiro atoms. The number of nitrogens with zero attached hydrogens (tertiary/aromatic N) is 2. The van der Waals surface area contributed by atoms with E-state index in [1.54, 1.807) is 29.2 Å². The average Bonchev–Trinajstić information content (AvgIpc) is 3.44. The molecule has 1 N–H and O–H groups in total. The largest absolute Gasteiger partial charge is 0.465 e. The van der Waals surface area contributed by atoms with Gasteiger partial charge in [-0.2, -0.15) is 0 Å². The molecule has 7 nitrogen and oxygen atoms in total. The van der Waals surface area contributed by atoms with E-state index in [1.807, 2.05) is 7.05 Å². The van der Waals surface area contributed by atoms with Crippen LogP contribution in [0.4, 0.5) is 5.69 Å². The molecule has 0 atom stereocenters. The summed E-state index contributed by atoms with van der Waals surface area (Å²) in [5.74, 6) is -0.756. The van der Waals surface area contributed by atoms with E-state index >= 15 is 0 Å². The first kappa shape index (κ1) is 17.4. The van der Waals surface area contributed by atoms with Crippen LogP contribution in [0, 0.1) is 5.41 Å². The molecule has 1 aliphatic carbocycles. The molecule has 3 rings (SSSR count). The van der Waals surface area contributed by atoms with E-state index in [1.165, 1.54) is 7.11 Å². The van der Waals surface area contributed by atoms with Crippen molar-refractivity contribution in [2.24, 2.45) is 5.41 Å². The molecule has 1 aromatic rings. The first-order valence-corrected chi connectivity index (χ1v) is 8.44. The van der Waals surface area contributed by atoms with Gasteiger partial charge in [0, 0.05) is 31.9 Å². The number of amides is 2. The summed E-state index contributed by atoms with van der Waals surface area (Å²) in [6.45, 7) is 2.99. The molecule has 1 aliphatic heterocycles. The van der Waals surface area contributed by atoms with E-state index in [-0.39, 0.29) is 11.8 Å². The van der Waals surface area contributed by atoms with Crippen molar-refractivity contribution < 1.29 is 19.1 Å². The fourth-order valence-electron chi connectivity index (χ4n) is 3.03. The first-order chi connectivity index (χ1) is 12.0. The standard InChI is InChI=1S/C18H23N3O4/c1-20-9-11-21(12-10-20)17(24)18(7-8-18)16(23)19-14-5-3-13(4-6-14)15(22)25-2/h3-6H,7-12H2,1-2H3,(H,19,23). The Balaban J connectivity index is 1.64. The second-order valence-corrected chi connectivity index (χ2v) is 6.70. The Kier molecular flexibility index (Phi) is 4.76. The summed E-state index contributed by atoms with van der Waals surface area (Å²) >= 11 is 0. The van der Waals surface area contributed by atoms with Crippen LogP contribution in [0.15, 0.2) is 24.3 Å². The molecule has 1 saturated heterocycles. The highest BCUT2D eigenvalue weighted by molar-refractivity contribution is 6.13. The normalized spacial score (nSPS) is 19.2. The van der Waals surface area contributed by atoms with Crippen LogP contribution in [0.5, 0.6) is 0 Å². The van der Waals surface area contributed by atoms with Crippen molar-refractivity contribution in [2.45, 2.75) is 12.8 Å². The number of esters is 1. The molecular formula is C18H23N3O4. The van der Waals surface area contributed by atoms with Crippen LogP contribution in [0.1, 0.15) is 23.2 Å². The number of rotatable bonds is 4. The maximum absolute atomic E-state index is 12.8. The number of benzene rings is 1. The van der Waals surface area contributed by atoms with E-state index in [0.717, 1.165) is 13.1 Å². The summed E-state index contributed by atoms with van der Waals surface area (Å²) < 4.78 is 4.65. The number of ether oxygens (including phenoxy) is 1. The third-order valence-electron chi connectivity index (χ3n) is 4.95. The minimum absolute atomic E-state index is 0.0655. The highest BCUT2D eigenvalue weighted by atomic mass is 16.5. The number of methoxy groups -OCH3 is 1. The predicted octanol–water partition coefficient (Wildman–Crippen LogP) is 0.966. The number of carbonyl (C=O) groups is 3. The molecule has 2 fully saturated rings. The van der Waals surface area contributed by atoms with Crippen molar-refractivity contribution in [3.8, 4) is 0 Å². The Morgan fingerprint density at radius 2 is 1.64 bits per heavy atom. The number of nitrogens with one attached hydrogen (secondary N) is 1. The Hall–Kier alpha value is -2.41. The Labute approximate surface area is 146 Å². The molecule has 0 aromatic heterocycles. The molecule has 2 amide bonds. The molecule has 0 radical (unpaired) electrons. The summed E-state index contributed by atoms with van der Waals surface area (Å²) in [6, 6.07) is 6.45. The van der Waals surface area contributed by atoms with E-state index < -0.39 is 11.4 Å². The maximum atomic E-state index is 12.8. The molecule has 0 bridgehead atoms. The van der Waals surface area contributed by atoms with E-state index in [9.17, 15) is 14.4 Å². The van der Waals surface area contributed by atoms with Crippen molar-refractivity contribution >= 4 is 23.5 Å². The molecule has 0 unspecified atom stereocenters. The van der Waals surface area contributed by atoms with Crippen molar-refractivity contribution in [2.75, 3.05) is 45.7 Å². The third kappa shape index (κ3) is 3.51. The van der Waals surface area contributed by atoms with Gasteiger partial charge in [0.15, 0.2) is 0 Å². The van der Waals surface area contributed by atoms with Gasteiger partial charge in [-0.15, -0.1) is 0 Å². The van der Waals surface area contributed by atoms with Crippen molar-refractivity contribution in [3.63, 3.8) is 0 Å². The second kappa shape index (κ2) is 6.84. The van der Waals surface area contributed by atoms with Crippen LogP contribution in [0.25, 0.3) is 0 Å². The van der Waals surface area contributed by atoms with E-state index in [4.69, 9.17) is 0 Å². The zero-order valence-electron chi connectivity index (χ0n) is 14.6. The van der Waals surface area contributed by atoms with Crippen LogP contribution in [-0.4, -0.2) is 67.9 Å². The van der Waals surface area contributed by atoms with Gasteiger partial charge in [-0.3, -0.25) is 9.59 Å². The van der Waals surface area contributed by atoms with E-state index in [0.29, 0.717) is 37.2 Å². The average molecular weight is 345 g/mol. The minimum Gasteiger partial charge on any atom is -0.465 e. The number of piperazine rings is 1. The van der Waals surface area contributed by atoms with Gasteiger partial charge < -0.3 is 19.9 Å². The van der Waals surface area contributed by atoms with Gasteiger partial charge in [0.05, 0.1) is 12.7 Å². The number of carbonyl (C=O) groups excluding carboxylic acids is 3. The van der Waals surface area contributed by atoms with Gasteiger partial charge in [-0.05, 0) is 44.2 Å². The number of hydrogen-bond donors (Lipinski definition) is 1. The quantitative estimate of drug-likeness (QED) is 0.650. The summed E-state index contributed by atoms with van der Waals surface area (Å²) in [5, 5.41) is 2.81. The Morgan fingerprint density at radius 1 is 1.04 bits per heavy atom. The summed E-state index contributed by atoms with van der Waals surface area (Å²) in [6.07, 6.45) is 1.18. The number of likely N-dealkylation sites (N-methyl/N-ethyl adjacent to an activating group) is 1. The second-order valence-electron chi connectivity index (χ2n) is 6.70. The van der Waals surface area contributed by atoms with Gasteiger partial charge >= 0.3 is 5.97 Å². The molecular weight excluding hydrogens is 322 g/mol. The SMILES string of the molecule is COC(=O)c1ccc(NC(=O)C2(C(=O)N3CCN(C)CC3)CC2)cc1. The van der Waals surface area contributed by atoms with Crippen LogP contribution >= 0.6 is 0 Å². The van der Waals surface area contributed by atoms with Crippen molar-refractivity contribution in [1.82, 2.24) is 9.80 Å². The molecule has 25 heavy (non-hydrogen) atoms. The van der Waals surface area contributed by atoms with Crippen molar-refractivity contribution in [1.29, 1.82) is 0 Å². The van der Waals surface area contributed by atoms with Crippen LogP contribution in [-0.2, 0) is 14.3 Å². The maximum Gasteiger partial charge on any atom is 0.337 e. The Morgan fingerprint density at radius 3 is 2.16 bits per heavy atom. The fourth-order valence-corrected chi connectivity index (χ4v) is 3.03. The molecule has 7 heteroatoms. The first-order valence-electron chi connectivity index (χ1n) is 8.44. The lowest BCUT2D eigenvalue weighted by Gasteiger charge is -2.34. The highest BCUT2D eigenvalue weighted by Crippen LogP contribution is 2.48. The number of hydrogen-bond acceptors (Lipinski definition) is 5. The molecule has 2 aliphatic rings. The zero-order chi connectivity index (χ0) is 18.0. The topological polar surface area (TPSA) is 78.9 Å². The molecule has 1 aromatic carbocycles. The predicted molar refractivity (Wildman–Crippen MR) is 92.2 cm³/mol. The summed E-state index contributed by atoms with van der Waals surface area (Å²) in [5.41, 5.74) is 0.0574.